The molecule has 1 atom stereocenters. The molecule has 41 heavy (non-hydrogen) atoms. The third kappa shape index (κ3) is 5.72. The molecule has 4 aromatic rings. The standard InChI is InChI=1S/C29H34N8O4/c1-18(22-6-8-31-27-25(22)39-9-10-40-27)5-7-30-24-12-23(33-17-34-24)19-11-20-14-35-37(26(20)32-13-19)21-15-36(16-21)28(38)41-29(2,3)4/h6,8,11-14,17-18,21H,5,7,9-10,15-16H2,1-4H3,(H,30,33,34). The zero-order chi connectivity index (χ0) is 28.6. The average molecular weight is 559 g/mol. The van der Waals surface area contributed by atoms with Crippen LogP contribution in [-0.4, -0.2) is 79.2 Å². The van der Waals surface area contributed by atoms with Gasteiger partial charge in [-0.3, -0.25) is 0 Å². The number of hydrogen-bond donors (Lipinski definition) is 1. The third-order valence-electron chi connectivity index (χ3n) is 7.14. The van der Waals surface area contributed by atoms with Crippen LogP contribution in [0.15, 0.2) is 43.1 Å². The molecule has 0 aromatic carbocycles. The smallest absolute Gasteiger partial charge is 0.410 e. The molecule has 4 aromatic heterocycles. The molecule has 1 fully saturated rings. The molecule has 2 aliphatic heterocycles. The van der Waals surface area contributed by atoms with Gasteiger partial charge in [0.15, 0.2) is 11.4 Å². The van der Waals surface area contributed by atoms with Gasteiger partial charge in [0.1, 0.15) is 31.0 Å². The lowest BCUT2D eigenvalue weighted by Crippen LogP contribution is -2.52. The molecule has 0 aliphatic carbocycles. The normalized spacial score (nSPS) is 15.9. The minimum Gasteiger partial charge on any atom is -0.484 e. The van der Waals surface area contributed by atoms with Crippen LogP contribution in [0.5, 0.6) is 11.6 Å². The Kier molecular flexibility index (Phi) is 7.06. The van der Waals surface area contributed by atoms with E-state index in [1.807, 2.05) is 43.7 Å². The van der Waals surface area contributed by atoms with Crippen LogP contribution < -0.4 is 14.8 Å². The van der Waals surface area contributed by atoms with Crippen LogP contribution in [0, 0.1) is 0 Å². The van der Waals surface area contributed by atoms with Crippen molar-refractivity contribution in [1.82, 2.24) is 34.6 Å². The Hall–Kier alpha value is -4.48. The van der Waals surface area contributed by atoms with Crippen LogP contribution in [0.3, 0.4) is 0 Å². The molecule has 0 bridgehead atoms. The largest absolute Gasteiger partial charge is 0.484 e. The van der Waals surface area contributed by atoms with Crippen molar-refractivity contribution in [3.63, 3.8) is 0 Å². The first-order chi connectivity index (χ1) is 19.7. The van der Waals surface area contributed by atoms with Crippen molar-refractivity contribution in [1.29, 1.82) is 0 Å². The van der Waals surface area contributed by atoms with Crippen LogP contribution in [0.1, 0.15) is 51.6 Å². The first-order valence-electron chi connectivity index (χ1n) is 13.9. The van der Waals surface area contributed by atoms with Crippen molar-refractivity contribution in [3.8, 4) is 22.9 Å². The van der Waals surface area contributed by atoms with Gasteiger partial charge in [0, 0.05) is 54.6 Å². The number of pyridine rings is 2. The number of hydrogen-bond acceptors (Lipinski definition) is 10. The van der Waals surface area contributed by atoms with Gasteiger partial charge in [0.05, 0.1) is 17.9 Å². The summed E-state index contributed by atoms with van der Waals surface area (Å²) >= 11 is 0. The topological polar surface area (TPSA) is 129 Å². The summed E-state index contributed by atoms with van der Waals surface area (Å²) in [5, 5.41) is 8.88. The van der Waals surface area contributed by atoms with Crippen molar-refractivity contribution >= 4 is 22.9 Å². The van der Waals surface area contributed by atoms with Crippen molar-refractivity contribution in [2.75, 3.05) is 38.2 Å². The van der Waals surface area contributed by atoms with Gasteiger partial charge < -0.3 is 24.4 Å². The fourth-order valence-corrected chi connectivity index (χ4v) is 4.98. The lowest BCUT2D eigenvalue weighted by molar-refractivity contribution is 0.0000838. The van der Waals surface area contributed by atoms with Gasteiger partial charge in [0.25, 0.3) is 5.88 Å². The maximum absolute atomic E-state index is 12.3. The van der Waals surface area contributed by atoms with Gasteiger partial charge in [-0.25, -0.2) is 29.4 Å². The van der Waals surface area contributed by atoms with E-state index in [-0.39, 0.29) is 18.1 Å². The molecule has 2 aliphatic rings. The maximum Gasteiger partial charge on any atom is 0.410 e. The second-order valence-corrected chi connectivity index (χ2v) is 11.4. The highest BCUT2D eigenvalue weighted by atomic mass is 16.6. The first-order valence-corrected chi connectivity index (χ1v) is 13.9. The van der Waals surface area contributed by atoms with Gasteiger partial charge in [-0.05, 0) is 45.2 Å². The monoisotopic (exact) mass is 558 g/mol. The summed E-state index contributed by atoms with van der Waals surface area (Å²) in [5.41, 5.74) is 3.00. The van der Waals surface area contributed by atoms with Gasteiger partial charge >= 0.3 is 6.09 Å². The van der Waals surface area contributed by atoms with Crippen LogP contribution in [-0.2, 0) is 4.74 Å². The molecule has 12 heteroatoms. The number of fused-ring (bicyclic) bond motifs is 2. The molecule has 1 saturated heterocycles. The van der Waals surface area contributed by atoms with Gasteiger partial charge in [-0.2, -0.15) is 5.10 Å². The lowest BCUT2D eigenvalue weighted by atomic mass is 9.97. The number of anilines is 1. The average Bonchev–Trinajstić information content (AvgIpc) is 3.34. The molecule has 0 radical (unpaired) electrons. The molecule has 0 spiro atoms. The molecule has 6 rings (SSSR count). The molecule has 1 N–H and O–H groups in total. The number of rotatable bonds is 7. The fourth-order valence-electron chi connectivity index (χ4n) is 4.98. The summed E-state index contributed by atoms with van der Waals surface area (Å²) in [7, 11) is 0. The van der Waals surface area contributed by atoms with E-state index >= 15 is 0 Å². The number of likely N-dealkylation sites (tertiary alicyclic amines) is 1. The summed E-state index contributed by atoms with van der Waals surface area (Å²) in [5.74, 6) is 2.31. The zero-order valence-electron chi connectivity index (χ0n) is 23.7. The number of ether oxygens (including phenoxy) is 3. The van der Waals surface area contributed by atoms with Crippen LogP contribution in [0.2, 0.25) is 0 Å². The van der Waals surface area contributed by atoms with Crippen LogP contribution in [0.4, 0.5) is 10.6 Å². The van der Waals surface area contributed by atoms with Crippen molar-refractivity contribution in [3.05, 3.63) is 48.7 Å². The molecule has 12 nitrogen and oxygen atoms in total. The summed E-state index contributed by atoms with van der Waals surface area (Å²) in [6.45, 7) is 10.6. The lowest BCUT2D eigenvalue weighted by Gasteiger charge is -2.39. The van der Waals surface area contributed by atoms with E-state index in [0.717, 1.165) is 52.4 Å². The minimum absolute atomic E-state index is 0.0624. The van der Waals surface area contributed by atoms with Crippen molar-refractivity contribution in [2.24, 2.45) is 0 Å². The number of aromatic nitrogens is 6. The van der Waals surface area contributed by atoms with E-state index < -0.39 is 5.60 Å². The van der Waals surface area contributed by atoms with Crippen LogP contribution in [0.25, 0.3) is 22.3 Å². The number of carbonyl (C=O) groups is 1. The highest BCUT2D eigenvalue weighted by Gasteiger charge is 2.36. The summed E-state index contributed by atoms with van der Waals surface area (Å²) in [6.07, 6.45) is 7.49. The van der Waals surface area contributed by atoms with Gasteiger partial charge in [-0.15, -0.1) is 0 Å². The van der Waals surface area contributed by atoms with Gasteiger partial charge in [-0.1, -0.05) is 6.92 Å². The number of amides is 1. The molecule has 214 valence electrons. The van der Waals surface area contributed by atoms with E-state index in [0.29, 0.717) is 32.2 Å². The van der Waals surface area contributed by atoms with Gasteiger partial charge in [0.2, 0.25) is 0 Å². The molecule has 0 saturated carbocycles. The van der Waals surface area contributed by atoms with Crippen molar-refractivity contribution < 1.29 is 19.0 Å². The highest BCUT2D eigenvalue weighted by molar-refractivity contribution is 5.80. The molecule has 1 unspecified atom stereocenters. The minimum atomic E-state index is -0.516. The Bertz CT molecular complexity index is 1560. The Labute approximate surface area is 238 Å². The second-order valence-electron chi connectivity index (χ2n) is 11.4. The molecular weight excluding hydrogens is 524 g/mol. The summed E-state index contributed by atoms with van der Waals surface area (Å²) < 4.78 is 18.8. The van der Waals surface area contributed by atoms with E-state index in [1.54, 1.807) is 29.8 Å². The second kappa shape index (κ2) is 10.8. The Balaban J connectivity index is 1.08. The Morgan fingerprint density at radius 1 is 1.12 bits per heavy atom. The molecule has 1 amide bonds. The van der Waals surface area contributed by atoms with E-state index in [2.05, 4.69) is 32.3 Å². The zero-order valence-corrected chi connectivity index (χ0v) is 23.7. The quantitative estimate of drug-likeness (QED) is 0.347. The predicted octanol–water partition coefficient (Wildman–Crippen LogP) is 4.45. The predicted molar refractivity (Wildman–Crippen MR) is 152 cm³/mol. The van der Waals surface area contributed by atoms with Crippen molar-refractivity contribution in [2.45, 2.75) is 51.7 Å². The fraction of sp³-hybridized carbons (Fsp3) is 0.448. The SMILES string of the molecule is CC(CCNc1cc(-c2cnc3c(cnn3C3CN(C(=O)OC(C)(C)C)C3)c2)ncn1)c1ccnc2c1OCCO2. The van der Waals surface area contributed by atoms with E-state index in [4.69, 9.17) is 19.2 Å². The summed E-state index contributed by atoms with van der Waals surface area (Å²) in [4.78, 5) is 31.8. The van der Waals surface area contributed by atoms with E-state index in [1.165, 1.54) is 0 Å². The summed E-state index contributed by atoms with van der Waals surface area (Å²) in [6, 6.07) is 6.01. The third-order valence-corrected chi connectivity index (χ3v) is 7.14. The Morgan fingerprint density at radius 2 is 1.95 bits per heavy atom. The van der Waals surface area contributed by atoms with E-state index in [9.17, 15) is 4.79 Å². The molecular formula is C29H34N8O4. The van der Waals surface area contributed by atoms with Crippen LogP contribution >= 0.6 is 0 Å². The first kappa shape index (κ1) is 26.7. The molecule has 6 heterocycles. The maximum atomic E-state index is 12.3. The highest BCUT2D eigenvalue weighted by Crippen LogP contribution is 2.37. The number of nitrogens with one attached hydrogen (secondary N) is 1. The Morgan fingerprint density at radius 3 is 2.78 bits per heavy atom. The number of nitrogens with zero attached hydrogens (tertiary/aromatic N) is 7. The number of carbonyl (C=O) groups excluding carboxylic acids is 1.